The maximum Gasteiger partial charge on any atom is 0.223 e. The first-order valence-electron chi connectivity index (χ1n) is 4.21. The van der Waals surface area contributed by atoms with Crippen LogP contribution in [0.1, 0.15) is 0 Å². The molecule has 3 heteroatoms. The van der Waals surface area contributed by atoms with E-state index in [9.17, 15) is 9.60 Å². The fourth-order valence-corrected chi connectivity index (χ4v) is 1.29. The molecule has 0 N–H and O–H groups in total. The summed E-state index contributed by atoms with van der Waals surface area (Å²) in [6, 6.07) is 11.9. The molecule has 1 aromatic carbocycles. The van der Waals surface area contributed by atoms with Crippen LogP contribution in [0.25, 0.3) is 11.3 Å². The molecule has 1 aromatic heterocycles. The van der Waals surface area contributed by atoms with Crippen molar-refractivity contribution in [3.8, 4) is 11.3 Å². The van der Waals surface area contributed by atoms with Crippen molar-refractivity contribution in [3.63, 3.8) is 0 Å². The molecule has 0 aliphatic carbocycles. The molecular formula is C11H8FNO. The average Bonchev–Trinajstić information content (AvgIpc) is 2.19. The number of rotatable bonds is 1. The lowest BCUT2D eigenvalue weighted by Gasteiger charge is -2.03. The standard InChI is InChI=1S/C11H8FNO/c12-10-6-7-11(13(14)8-10)9-4-2-1-3-5-9/h1-8H. The van der Waals surface area contributed by atoms with Crippen LogP contribution < -0.4 is 4.73 Å². The van der Waals surface area contributed by atoms with Crippen molar-refractivity contribution < 1.29 is 9.12 Å². The molecule has 0 amide bonds. The fourth-order valence-electron chi connectivity index (χ4n) is 1.29. The van der Waals surface area contributed by atoms with E-state index in [4.69, 9.17) is 0 Å². The van der Waals surface area contributed by atoms with Crippen LogP contribution in [-0.2, 0) is 0 Å². The number of nitrogens with zero attached hydrogens (tertiary/aromatic N) is 1. The normalized spacial score (nSPS) is 10.1. The first-order chi connectivity index (χ1) is 6.77. The van der Waals surface area contributed by atoms with Crippen LogP contribution >= 0.6 is 0 Å². The lowest BCUT2D eigenvalue weighted by atomic mass is 10.1. The van der Waals surface area contributed by atoms with Gasteiger partial charge in [-0.05, 0) is 18.2 Å². The number of halogens is 1. The number of benzene rings is 1. The van der Waals surface area contributed by atoms with Crippen LogP contribution in [0, 0.1) is 11.0 Å². The molecule has 2 aromatic rings. The van der Waals surface area contributed by atoms with Crippen LogP contribution in [-0.4, -0.2) is 0 Å². The predicted molar refractivity (Wildman–Crippen MR) is 50.8 cm³/mol. The number of hydrogen-bond acceptors (Lipinski definition) is 1. The largest absolute Gasteiger partial charge is 0.618 e. The van der Waals surface area contributed by atoms with Crippen molar-refractivity contribution in [1.82, 2.24) is 0 Å². The third-order valence-corrected chi connectivity index (χ3v) is 1.95. The summed E-state index contributed by atoms with van der Waals surface area (Å²) >= 11 is 0. The van der Waals surface area contributed by atoms with Crippen LogP contribution in [0.5, 0.6) is 0 Å². The zero-order valence-corrected chi connectivity index (χ0v) is 7.35. The molecule has 0 atom stereocenters. The van der Waals surface area contributed by atoms with Gasteiger partial charge >= 0.3 is 0 Å². The summed E-state index contributed by atoms with van der Waals surface area (Å²) in [5.41, 5.74) is 1.23. The van der Waals surface area contributed by atoms with Gasteiger partial charge in [-0.15, -0.1) is 0 Å². The summed E-state index contributed by atoms with van der Waals surface area (Å²) in [6.45, 7) is 0. The molecule has 70 valence electrons. The maximum absolute atomic E-state index is 12.6. The molecular weight excluding hydrogens is 181 g/mol. The Morgan fingerprint density at radius 2 is 1.71 bits per heavy atom. The Labute approximate surface area is 80.8 Å². The number of hydrogen-bond donors (Lipinski definition) is 0. The molecule has 0 bridgehead atoms. The maximum atomic E-state index is 12.6. The molecule has 14 heavy (non-hydrogen) atoms. The SMILES string of the molecule is [O-][n+]1cc(F)ccc1-c1ccccc1. The number of aromatic nitrogens is 1. The average molecular weight is 189 g/mol. The molecule has 0 aliphatic rings. The van der Waals surface area contributed by atoms with Crippen LogP contribution in [0.3, 0.4) is 0 Å². The Kier molecular flexibility index (Phi) is 2.14. The molecule has 0 saturated carbocycles. The van der Waals surface area contributed by atoms with E-state index in [2.05, 4.69) is 0 Å². The summed E-state index contributed by atoms with van der Waals surface area (Å²) in [4.78, 5) is 0. The minimum Gasteiger partial charge on any atom is -0.618 e. The molecule has 2 nitrogen and oxygen atoms in total. The first-order valence-corrected chi connectivity index (χ1v) is 4.21. The van der Waals surface area contributed by atoms with Crippen molar-refractivity contribution in [2.75, 3.05) is 0 Å². The highest BCUT2D eigenvalue weighted by atomic mass is 19.1. The third kappa shape index (κ3) is 1.57. The topological polar surface area (TPSA) is 26.9 Å². The van der Waals surface area contributed by atoms with E-state index in [1.54, 1.807) is 0 Å². The minimum atomic E-state index is -0.528. The Balaban J connectivity index is 2.53. The van der Waals surface area contributed by atoms with E-state index in [0.717, 1.165) is 11.8 Å². The molecule has 0 fully saturated rings. The zero-order valence-electron chi connectivity index (χ0n) is 7.35. The van der Waals surface area contributed by atoms with E-state index < -0.39 is 5.82 Å². The van der Waals surface area contributed by atoms with Gasteiger partial charge in [-0.25, -0.2) is 4.39 Å². The van der Waals surface area contributed by atoms with Gasteiger partial charge in [-0.3, -0.25) is 0 Å². The van der Waals surface area contributed by atoms with Crippen molar-refractivity contribution in [2.45, 2.75) is 0 Å². The van der Waals surface area contributed by atoms with Gasteiger partial charge in [0.25, 0.3) is 0 Å². The smallest absolute Gasteiger partial charge is 0.223 e. The molecule has 0 saturated heterocycles. The first kappa shape index (κ1) is 8.69. The van der Waals surface area contributed by atoms with E-state index in [-0.39, 0.29) is 0 Å². The van der Waals surface area contributed by atoms with Crippen molar-refractivity contribution in [2.24, 2.45) is 0 Å². The van der Waals surface area contributed by atoms with Gasteiger partial charge in [-0.2, -0.15) is 4.73 Å². The second kappa shape index (κ2) is 3.46. The van der Waals surface area contributed by atoms with Crippen LogP contribution in [0.15, 0.2) is 48.7 Å². The van der Waals surface area contributed by atoms with E-state index >= 15 is 0 Å². The highest BCUT2D eigenvalue weighted by molar-refractivity contribution is 5.55. The van der Waals surface area contributed by atoms with Crippen LogP contribution in [0.4, 0.5) is 4.39 Å². The third-order valence-electron chi connectivity index (χ3n) is 1.95. The van der Waals surface area contributed by atoms with Gasteiger partial charge < -0.3 is 5.21 Å². The van der Waals surface area contributed by atoms with Gasteiger partial charge in [0.2, 0.25) is 11.9 Å². The lowest BCUT2D eigenvalue weighted by Crippen LogP contribution is -2.28. The Hall–Kier alpha value is -1.90. The second-order valence-corrected chi connectivity index (χ2v) is 2.92. The predicted octanol–water partition coefficient (Wildman–Crippen LogP) is 2.13. The Morgan fingerprint density at radius 1 is 1.00 bits per heavy atom. The second-order valence-electron chi connectivity index (χ2n) is 2.92. The molecule has 1 heterocycles. The van der Waals surface area contributed by atoms with Crippen LogP contribution in [0.2, 0.25) is 0 Å². The van der Waals surface area contributed by atoms with E-state index in [0.29, 0.717) is 10.4 Å². The zero-order chi connectivity index (χ0) is 9.97. The summed E-state index contributed by atoms with van der Waals surface area (Å²) in [5, 5.41) is 11.3. The van der Waals surface area contributed by atoms with Gasteiger partial charge in [0.15, 0.2) is 5.82 Å². The summed E-state index contributed by atoms with van der Waals surface area (Å²) in [7, 11) is 0. The molecule has 0 radical (unpaired) electrons. The van der Waals surface area contributed by atoms with E-state index in [1.165, 1.54) is 12.1 Å². The van der Waals surface area contributed by atoms with Gasteiger partial charge in [0, 0.05) is 11.6 Å². The molecule has 0 aliphatic heterocycles. The van der Waals surface area contributed by atoms with Crippen molar-refractivity contribution >= 4 is 0 Å². The van der Waals surface area contributed by atoms with Gasteiger partial charge in [0.1, 0.15) is 0 Å². The quantitative estimate of drug-likeness (QED) is 0.498. The highest BCUT2D eigenvalue weighted by Gasteiger charge is 2.07. The molecule has 0 spiro atoms. The number of pyridine rings is 1. The monoisotopic (exact) mass is 189 g/mol. The lowest BCUT2D eigenvalue weighted by molar-refractivity contribution is -0.595. The Bertz CT molecular complexity index is 442. The molecule has 2 rings (SSSR count). The summed E-state index contributed by atoms with van der Waals surface area (Å²) < 4.78 is 13.2. The minimum absolute atomic E-state index is 0.451. The van der Waals surface area contributed by atoms with E-state index in [1.807, 2.05) is 30.3 Å². The van der Waals surface area contributed by atoms with Crippen molar-refractivity contribution in [3.05, 3.63) is 59.7 Å². The summed E-state index contributed by atoms with van der Waals surface area (Å²) in [5.74, 6) is -0.528. The van der Waals surface area contributed by atoms with Crippen molar-refractivity contribution in [1.29, 1.82) is 0 Å². The highest BCUT2D eigenvalue weighted by Crippen LogP contribution is 2.14. The van der Waals surface area contributed by atoms with Gasteiger partial charge in [-0.1, -0.05) is 18.2 Å². The fraction of sp³-hybridized carbons (Fsp3) is 0. The summed E-state index contributed by atoms with van der Waals surface area (Å²) in [6.07, 6.45) is 0.919. The van der Waals surface area contributed by atoms with Gasteiger partial charge in [0.05, 0.1) is 0 Å². The molecule has 0 unspecified atom stereocenters. The Morgan fingerprint density at radius 3 is 2.36 bits per heavy atom.